The number of hydrogen-bond donors (Lipinski definition) is 3. The van der Waals surface area contributed by atoms with E-state index in [9.17, 15) is 23.9 Å². The molecule has 0 spiro atoms. The summed E-state index contributed by atoms with van der Waals surface area (Å²) in [6, 6.07) is 21.5. The van der Waals surface area contributed by atoms with Crippen LogP contribution in [0.5, 0.6) is 5.75 Å². The van der Waals surface area contributed by atoms with E-state index in [2.05, 4.69) is 15.7 Å². The Morgan fingerprint density at radius 2 is 1.72 bits per heavy atom. The molecule has 12 heteroatoms. The van der Waals surface area contributed by atoms with Crippen molar-refractivity contribution in [3.05, 3.63) is 118 Å². The number of benzene rings is 3. The van der Waals surface area contributed by atoms with E-state index in [-0.39, 0.29) is 23.2 Å². The zero-order valence-electron chi connectivity index (χ0n) is 25.1. The molecule has 1 unspecified atom stereocenters. The van der Waals surface area contributed by atoms with Crippen LogP contribution < -0.4 is 15.4 Å². The monoisotopic (exact) mass is 660 g/mol. The second-order valence-electron chi connectivity index (χ2n) is 11.4. The van der Waals surface area contributed by atoms with Gasteiger partial charge in [0.05, 0.1) is 20.5 Å². The molecule has 0 saturated heterocycles. The first-order chi connectivity index (χ1) is 21.8. The lowest BCUT2D eigenvalue weighted by molar-refractivity contribution is -0.139. The van der Waals surface area contributed by atoms with Crippen molar-refractivity contribution in [1.29, 1.82) is 0 Å². The highest BCUT2D eigenvalue weighted by Crippen LogP contribution is 2.33. The second-order valence-corrected chi connectivity index (χ2v) is 13.1. The van der Waals surface area contributed by atoms with Gasteiger partial charge in [0.2, 0.25) is 0 Å². The summed E-state index contributed by atoms with van der Waals surface area (Å²) < 4.78 is 22.6. The van der Waals surface area contributed by atoms with Gasteiger partial charge in [-0.05, 0) is 80.9 Å². The molecule has 46 heavy (non-hydrogen) atoms. The number of nitrogens with zero attached hydrogens (tertiary/aromatic N) is 2. The van der Waals surface area contributed by atoms with Crippen LogP contribution >= 0.6 is 22.9 Å². The van der Waals surface area contributed by atoms with Gasteiger partial charge in [-0.25, -0.2) is 13.9 Å². The molecule has 0 saturated carbocycles. The van der Waals surface area contributed by atoms with Crippen LogP contribution in [0.4, 0.5) is 10.1 Å². The number of carboxylic acids is 1. The molecule has 2 heterocycles. The van der Waals surface area contributed by atoms with Crippen molar-refractivity contribution in [1.82, 2.24) is 15.1 Å². The van der Waals surface area contributed by atoms with Gasteiger partial charge in [-0.1, -0.05) is 41.9 Å². The lowest BCUT2D eigenvalue weighted by Gasteiger charge is -2.21. The summed E-state index contributed by atoms with van der Waals surface area (Å²) in [6.45, 7) is 5.75. The van der Waals surface area contributed by atoms with Crippen LogP contribution in [0.3, 0.4) is 0 Å². The Kier molecular flexibility index (Phi) is 9.54. The van der Waals surface area contributed by atoms with Crippen LogP contribution in [0, 0.1) is 5.82 Å². The zero-order chi connectivity index (χ0) is 33.0. The maximum atomic E-state index is 14.7. The third kappa shape index (κ3) is 8.17. The number of carboxylic acid groups (broad SMARTS) is 1. The molecule has 0 aliphatic heterocycles. The molecule has 3 N–H and O–H groups in total. The molecule has 2 aromatic heterocycles. The van der Waals surface area contributed by atoms with E-state index in [1.165, 1.54) is 17.4 Å². The molecule has 5 aromatic rings. The maximum Gasteiger partial charge on any atom is 0.326 e. The Labute approximate surface area is 273 Å². The summed E-state index contributed by atoms with van der Waals surface area (Å²) >= 11 is 7.40. The number of aromatic nitrogens is 2. The summed E-state index contributed by atoms with van der Waals surface area (Å²) in [6.07, 6.45) is 1.54. The molecule has 0 radical (unpaired) electrons. The number of thiophene rings is 1. The van der Waals surface area contributed by atoms with Gasteiger partial charge in [-0.15, -0.1) is 11.3 Å². The van der Waals surface area contributed by atoms with Crippen molar-refractivity contribution in [2.45, 2.75) is 38.8 Å². The highest BCUT2D eigenvalue weighted by atomic mass is 35.5. The standard InChI is InChI=1S/C34H30ClFN4O5S/c1-34(2,3)45-25-11-9-20(10-12-25)15-27(33(43)44)38-31(41)21-16-22(36)18-23(17-21)37-32(42)26-19-40(24-7-5-4-6-8-24)39-30(26)28-13-14-29(35)46-28/h4-14,16-19,27H,15H2,1-3H3,(H,37,42)(H,38,41)(H,43,44). The predicted molar refractivity (Wildman–Crippen MR) is 176 cm³/mol. The number of anilines is 1. The minimum atomic E-state index is -1.30. The number of nitrogens with one attached hydrogen (secondary N) is 2. The largest absolute Gasteiger partial charge is 0.488 e. The van der Waals surface area contributed by atoms with Crippen molar-refractivity contribution in [3.8, 4) is 22.0 Å². The molecule has 0 aliphatic rings. The first-order valence-electron chi connectivity index (χ1n) is 14.2. The fourth-order valence-electron chi connectivity index (χ4n) is 4.59. The Morgan fingerprint density at radius 3 is 2.35 bits per heavy atom. The smallest absolute Gasteiger partial charge is 0.326 e. The highest BCUT2D eigenvalue weighted by Gasteiger charge is 2.24. The number of hydrogen-bond acceptors (Lipinski definition) is 6. The number of para-hydroxylation sites is 1. The van der Waals surface area contributed by atoms with Gasteiger partial charge < -0.3 is 20.5 Å². The zero-order valence-corrected chi connectivity index (χ0v) is 26.7. The van der Waals surface area contributed by atoms with E-state index in [1.54, 1.807) is 47.3 Å². The van der Waals surface area contributed by atoms with Gasteiger partial charge >= 0.3 is 5.97 Å². The Morgan fingerprint density at radius 1 is 1.00 bits per heavy atom. The fourth-order valence-corrected chi connectivity index (χ4v) is 5.63. The minimum absolute atomic E-state index is 0.000847. The number of ether oxygens (including phenoxy) is 1. The molecule has 1 atom stereocenters. The Bertz CT molecular complexity index is 1880. The molecule has 0 fully saturated rings. The van der Waals surface area contributed by atoms with E-state index >= 15 is 0 Å². The van der Waals surface area contributed by atoms with Crippen molar-refractivity contribution < 1.29 is 28.6 Å². The SMILES string of the molecule is CC(C)(C)Oc1ccc(CC(NC(=O)c2cc(F)cc(NC(=O)c3cn(-c4ccccc4)nc3-c3ccc(Cl)s3)c2)C(=O)O)cc1. The number of amides is 2. The normalized spacial score (nSPS) is 11.9. The number of aliphatic carboxylic acids is 1. The van der Waals surface area contributed by atoms with Crippen LogP contribution in [-0.2, 0) is 11.2 Å². The van der Waals surface area contributed by atoms with Crippen molar-refractivity contribution >= 4 is 46.4 Å². The van der Waals surface area contributed by atoms with Gasteiger partial charge in [-0.3, -0.25) is 9.59 Å². The third-order valence-corrected chi connectivity index (χ3v) is 7.83. The van der Waals surface area contributed by atoms with Crippen LogP contribution in [0.1, 0.15) is 47.1 Å². The Hall–Kier alpha value is -5.00. The molecular weight excluding hydrogens is 631 g/mol. The molecule has 0 aliphatic carbocycles. The molecule has 9 nitrogen and oxygen atoms in total. The van der Waals surface area contributed by atoms with E-state index in [0.717, 1.165) is 17.8 Å². The van der Waals surface area contributed by atoms with Crippen molar-refractivity contribution in [2.75, 3.05) is 5.32 Å². The van der Waals surface area contributed by atoms with Gasteiger partial charge in [0.15, 0.2) is 0 Å². The topological polar surface area (TPSA) is 123 Å². The fraction of sp³-hybridized carbons (Fsp3) is 0.176. The van der Waals surface area contributed by atoms with Gasteiger partial charge in [-0.2, -0.15) is 5.10 Å². The van der Waals surface area contributed by atoms with Gasteiger partial charge in [0, 0.05) is 23.9 Å². The molecule has 5 rings (SSSR count). The first-order valence-corrected chi connectivity index (χ1v) is 15.4. The first kappa shape index (κ1) is 32.4. The van der Waals surface area contributed by atoms with Gasteiger partial charge in [0.1, 0.15) is 28.9 Å². The molecule has 0 bridgehead atoms. The van der Waals surface area contributed by atoms with E-state index in [4.69, 9.17) is 16.3 Å². The van der Waals surface area contributed by atoms with Crippen molar-refractivity contribution in [3.63, 3.8) is 0 Å². The van der Waals surface area contributed by atoms with Crippen LogP contribution in [-0.4, -0.2) is 44.3 Å². The number of halogens is 2. The number of rotatable bonds is 10. The number of carbonyl (C=O) groups is 3. The predicted octanol–water partition coefficient (Wildman–Crippen LogP) is 7.25. The van der Waals surface area contributed by atoms with Crippen LogP contribution in [0.25, 0.3) is 16.3 Å². The van der Waals surface area contributed by atoms with E-state index < -0.39 is 35.2 Å². The average Bonchev–Trinajstić information content (AvgIpc) is 3.64. The summed E-state index contributed by atoms with van der Waals surface area (Å²) in [7, 11) is 0. The highest BCUT2D eigenvalue weighted by molar-refractivity contribution is 7.19. The quantitative estimate of drug-likeness (QED) is 0.145. The van der Waals surface area contributed by atoms with Crippen LogP contribution in [0.15, 0.2) is 91.1 Å². The molecule has 3 aromatic carbocycles. The average molecular weight is 661 g/mol. The maximum absolute atomic E-state index is 14.7. The third-order valence-electron chi connectivity index (χ3n) is 6.59. The summed E-state index contributed by atoms with van der Waals surface area (Å²) in [5.74, 6) is -2.85. The molecule has 2 amide bonds. The lowest BCUT2D eigenvalue weighted by atomic mass is 10.0. The minimum Gasteiger partial charge on any atom is -0.488 e. The number of carbonyl (C=O) groups excluding carboxylic acids is 2. The van der Waals surface area contributed by atoms with Gasteiger partial charge in [0.25, 0.3) is 11.8 Å². The summed E-state index contributed by atoms with van der Waals surface area (Å²) in [5.41, 5.74) is 1.38. The summed E-state index contributed by atoms with van der Waals surface area (Å²) in [5, 5.41) is 19.5. The second kappa shape index (κ2) is 13.6. The lowest BCUT2D eigenvalue weighted by Crippen LogP contribution is -2.42. The van der Waals surface area contributed by atoms with Crippen LogP contribution in [0.2, 0.25) is 4.34 Å². The van der Waals surface area contributed by atoms with E-state index in [0.29, 0.717) is 26.2 Å². The Balaban J connectivity index is 1.34. The summed E-state index contributed by atoms with van der Waals surface area (Å²) in [4.78, 5) is 39.3. The molecule has 236 valence electrons. The molecular formula is C34H30ClFN4O5S. The van der Waals surface area contributed by atoms with Crippen molar-refractivity contribution in [2.24, 2.45) is 0 Å². The van der Waals surface area contributed by atoms with E-state index in [1.807, 2.05) is 51.1 Å².